The second kappa shape index (κ2) is 5.01. The Morgan fingerprint density at radius 2 is 2.36 bits per heavy atom. The number of aliphatic hydroxyl groups is 1. The molecular formula is C8H16O2S. The van der Waals surface area contributed by atoms with Crippen molar-refractivity contribution in [1.82, 2.24) is 0 Å². The Morgan fingerprint density at radius 1 is 1.55 bits per heavy atom. The quantitative estimate of drug-likeness (QED) is 0.654. The molecule has 2 unspecified atom stereocenters. The number of hydrogen-bond donors (Lipinski definition) is 1. The first-order chi connectivity index (χ1) is 5.34. The van der Waals surface area contributed by atoms with Crippen molar-refractivity contribution in [3.05, 3.63) is 0 Å². The van der Waals surface area contributed by atoms with Gasteiger partial charge in [-0.25, -0.2) is 0 Å². The molecule has 1 saturated heterocycles. The highest BCUT2D eigenvalue weighted by Crippen LogP contribution is 2.20. The van der Waals surface area contributed by atoms with E-state index in [1.807, 2.05) is 0 Å². The molecule has 0 amide bonds. The second-order valence-electron chi connectivity index (χ2n) is 2.87. The van der Waals surface area contributed by atoms with Crippen LogP contribution >= 0.6 is 11.8 Å². The van der Waals surface area contributed by atoms with E-state index in [9.17, 15) is 5.11 Å². The third-order valence-corrected chi connectivity index (χ3v) is 2.97. The Balaban J connectivity index is 2.05. The summed E-state index contributed by atoms with van der Waals surface area (Å²) >= 11 is 1.77. The van der Waals surface area contributed by atoms with Crippen LogP contribution in [-0.4, -0.2) is 35.4 Å². The van der Waals surface area contributed by atoms with Crippen LogP contribution in [0.5, 0.6) is 0 Å². The largest absolute Gasteiger partial charge is 0.390 e. The molecule has 0 aromatic heterocycles. The normalized spacial score (nSPS) is 31.1. The first-order valence-corrected chi connectivity index (χ1v) is 5.37. The van der Waals surface area contributed by atoms with E-state index in [-0.39, 0.29) is 12.2 Å². The molecule has 11 heavy (non-hydrogen) atoms. The standard InChI is InChI=1S/C8H16O2S/c1-2-3-4-10-8-6-11-5-7(8)9/h7-9H,2-6H2,1H3. The van der Waals surface area contributed by atoms with Gasteiger partial charge >= 0.3 is 0 Å². The van der Waals surface area contributed by atoms with Gasteiger partial charge < -0.3 is 9.84 Å². The molecule has 2 atom stereocenters. The van der Waals surface area contributed by atoms with E-state index in [2.05, 4.69) is 6.92 Å². The monoisotopic (exact) mass is 176 g/mol. The number of hydrogen-bond acceptors (Lipinski definition) is 3. The average molecular weight is 176 g/mol. The lowest BCUT2D eigenvalue weighted by atomic mass is 10.2. The van der Waals surface area contributed by atoms with Gasteiger partial charge in [0, 0.05) is 18.1 Å². The molecule has 1 rings (SSSR count). The fourth-order valence-corrected chi connectivity index (χ4v) is 2.20. The summed E-state index contributed by atoms with van der Waals surface area (Å²) in [6.45, 7) is 2.95. The van der Waals surface area contributed by atoms with Gasteiger partial charge in [-0.05, 0) is 6.42 Å². The van der Waals surface area contributed by atoms with Crippen LogP contribution in [-0.2, 0) is 4.74 Å². The van der Waals surface area contributed by atoms with Crippen molar-refractivity contribution in [3.8, 4) is 0 Å². The molecule has 2 nitrogen and oxygen atoms in total. The summed E-state index contributed by atoms with van der Waals surface area (Å²) in [4.78, 5) is 0. The van der Waals surface area contributed by atoms with Crippen molar-refractivity contribution in [3.63, 3.8) is 0 Å². The van der Waals surface area contributed by atoms with Gasteiger partial charge in [-0.15, -0.1) is 0 Å². The molecule has 1 heterocycles. The van der Waals surface area contributed by atoms with Crippen molar-refractivity contribution in [1.29, 1.82) is 0 Å². The zero-order valence-electron chi connectivity index (χ0n) is 6.95. The molecule has 0 aromatic rings. The van der Waals surface area contributed by atoms with Crippen molar-refractivity contribution < 1.29 is 9.84 Å². The number of thioether (sulfide) groups is 1. The Bertz CT molecular complexity index is 108. The molecule has 0 saturated carbocycles. The SMILES string of the molecule is CCCCOC1CSCC1O. The molecule has 0 aliphatic carbocycles. The third kappa shape index (κ3) is 3.01. The molecule has 1 N–H and O–H groups in total. The number of aliphatic hydroxyl groups excluding tert-OH is 1. The molecule has 1 aliphatic heterocycles. The third-order valence-electron chi connectivity index (χ3n) is 1.83. The summed E-state index contributed by atoms with van der Waals surface area (Å²) in [7, 11) is 0. The molecule has 1 fully saturated rings. The highest BCUT2D eigenvalue weighted by atomic mass is 32.2. The Labute approximate surface area is 72.3 Å². The van der Waals surface area contributed by atoms with Crippen molar-refractivity contribution in [2.24, 2.45) is 0 Å². The van der Waals surface area contributed by atoms with Crippen LogP contribution in [0.2, 0.25) is 0 Å². The van der Waals surface area contributed by atoms with E-state index in [1.165, 1.54) is 0 Å². The van der Waals surface area contributed by atoms with E-state index < -0.39 is 0 Å². The van der Waals surface area contributed by atoms with Gasteiger partial charge in [0.1, 0.15) is 0 Å². The predicted molar refractivity (Wildman–Crippen MR) is 48.0 cm³/mol. The summed E-state index contributed by atoms with van der Waals surface area (Å²) in [6, 6.07) is 0. The maximum atomic E-state index is 9.34. The van der Waals surface area contributed by atoms with Crippen LogP contribution in [0.4, 0.5) is 0 Å². The lowest BCUT2D eigenvalue weighted by Gasteiger charge is -2.13. The van der Waals surface area contributed by atoms with Gasteiger partial charge in [0.25, 0.3) is 0 Å². The van der Waals surface area contributed by atoms with Crippen LogP contribution in [0, 0.1) is 0 Å². The second-order valence-corrected chi connectivity index (χ2v) is 3.94. The van der Waals surface area contributed by atoms with Gasteiger partial charge in [0.05, 0.1) is 12.2 Å². The fourth-order valence-electron chi connectivity index (χ4n) is 1.06. The molecular weight excluding hydrogens is 160 g/mol. The lowest BCUT2D eigenvalue weighted by molar-refractivity contribution is -0.00851. The first-order valence-electron chi connectivity index (χ1n) is 4.22. The van der Waals surface area contributed by atoms with E-state index in [1.54, 1.807) is 11.8 Å². The van der Waals surface area contributed by atoms with Crippen LogP contribution in [0.3, 0.4) is 0 Å². The van der Waals surface area contributed by atoms with Crippen LogP contribution in [0.1, 0.15) is 19.8 Å². The van der Waals surface area contributed by atoms with Gasteiger partial charge in [-0.2, -0.15) is 11.8 Å². The summed E-state index contributed by atoms with van der Waals surface area (Å²) in [5.74, 6) is 1.81. The summed E-state index contributed by atoms with van der Waals surface area (Å²) in [5, 5.41) is 9.34. The zero-order chi connectivity index (χ0) is 8.10. The maximum Gasteiger partial charge on any atom is 0.0932 e. The fraction of sp³-hybridized carbons (Fsp3) is 1.00. The Morgan fingerprint density at radius 3 is 2.91 bits per heavy atom. The molecule has 0 aromatic carbocycles. The molecule has 66 valence electrons. The van der Waals surface area contributed by atoms with Crippen LogP contribution in [0.25, 0.3) is 0 Å². The maximum absolute atomic E-state index is 9.34. The lowest BCUT2D eigenvalue weighted by Crippen LogP contribution is -2.27. The minimum absolute atomic E-state index is 0.103. The molecule has 1 aliphatic rings. The average Bonchev–Trinajstić information content (AvgIpc) is 2.37. The summed E-state index contributed by atoms with van der Waals surface area (Å²) in [5.41, 5.74) is 0. The van der Waals surface area contributed by atoms with E-state index in [0.29, 0.717) is 0 Å². The highest BCUT2D eigenvalue weighted by Gasteiger charge is 2.25. The molecule has 0 bridgehead atoms. The van der Waals surface area contributed by atoms with E-state index >= 15 is 0 Å². The Kier molecular flexibility index (Phi) is 4.26. The smallest absolute Gasteiger partial charge is 0.0932 e. The Hall–Kier alpha value is 0.270. The summed E-state index contributed by atoms with van der Waals surface area (Å²) < 4.78 is 5.48. The predicted octanol–water partition coefficient (Wildman–Crippen LogP) is 1.28. The number of ether oxygens (including phenoxy) is 1. The highest BCUT2D eigenvalue weighted by molar-refractivity contribution is 7.99. The van der Waals surface area contributed by atoms with E-state index in [4.69, 9.17) is 4.74 Å². The van der Waals surface area contributed by atoms with Gasteiger partial charge in [0.2, 0.25) is 0 Å². The molecule has 0 spiro atoms. The van der Waals surface area contributed by atoms with Gasteiger partial charge in [-0.3, -0.25) is 0 Å². The first kappa shape index (κ1) is 9.36. The number of unbranched alkanes of at least 4 members (excludes halogenated alkanes) is 1. The van der Waals surface area contributed by atoms with Gasteiger partial charge in [0.15, 0.2) is 0 Å². The minimum atomic E-state index is -0.225. The van der Waals surface area contributed by atoms with Gasteiger partial charge in [-0.1, -0.05) is 13.3 Å². The topological polar surface area (TPSA) is 29.5 Å². The van der Waals surface area contributed by atoms with E-state index in [0.717, 1.165) is 31.0 Å². The van der Waals surface area contributed by atoms with Crippen molar-refractivity contribution in [2.45, 2.75) is 32.0 Å². The van der Waals surface area contributed by atoms with Crippen molar-refractivity contribution >= 4 is 11.8 Å². The zero-order valence-corrected chi connectivity index (χ0v) is 7.77. The summed E-state index contributed by atoms with van der Waals surface area (Å²) in [6.07, 6.45) is 2.15. The molecule has 3 heteroatoms. The minimum Gasteiger partial charge on any atom is -0.390 e. The number of rotatable bonds is 4. The van der Waals surface area contributed by atoms with Crippen LogP contribution in [0.15, 0.2) is 0 Å². The van der Waals surface area contributed by atoms with Crippen LogP contribution < -0.4 is 0 Å². The molecule has 0 radical (unpaired) electrons. The van der Waals surface area contributed by atoms with Crippen molar-refractivity contribution in [2.75, 3.05) is 18.1 Å².